The highest BCUT2D eigenvalue weighted by atomic mass is 127. The van der Waals surface area contributed by atoms with Crippen molar-refractivity contribution in [2.45, 2.75) is 78.3 Å². The Morgan fingerprint density at radius 1 is 0.825 bits per heavy atom. The Balaban J connectivity index is 0.000000307. The van der Waals surface area contributed by atoms with Gasteiger partial charge in [0.1, 0.15) is 17.0 Å². The summed E-state index contributed by atoms with van der Waals surface area (Å²) in [4.78, 5) is 14.0. The number of aromatic amines is 1. The third-order valence-corrected chi connectivity index (χ3v) is 13.6. The predicted molar refractivity (Wildman–Crippen MR) is 232 cm³/mol. The first-order chi connectivity index (χ1) is 26.7. The van der Waals surface area contributed by atoms with E-state index >= 15 is 0 Å². The fraction of sp³-hybridized carbons (Fsp3) is 0.444. The van der Waals surface area contributed by atoms with Gasteiger partial charge in [-0.1, -0.05) is 95.8 Å². The zero-order chi connectivity index (χ0) is 40.7. The monoisotopic (exact) mass is 931 g/mol. The number of nitrogens with zero attached hydrogens (tertiary/aromatic N) is 1. The first-order valence-electron chi connectivity index (χ1n) is 19.8. The third-order valence-electron chi connectivity index (χ3n) is 10.9. The van der Waals surface area contributed by atoms with Gasteiger partial charge in [0.25, 0.3) is 0 Å². The summed E-state index contributed by atoms with van der Waals surface area (Å²) in [5, 5.41) is 23.5. The molecule has 57 heavy (non-hydrogen) atoms. The van der Waals surface area contributed by atoms with E-state index in [9.17, 15) is 23.4 Å². The van der Waals surface area contributed by atoms with Gasteiger partial charge < -0.3 is 53.7 Å². The van der Waals surface area contributed by atoms with Gasteiger partial charge in [0.2, 0.25) is 0 Å². The summed E-state index contributed by atoms with van der Waals surface area (Å²) in [7, 11) is -0.768. The Labute approximate surface area is 361 Å². The molecular weight excluding hydrogens is 870 g/mol. The Morgan fingerprint density at radius 3 is 2.14 bits per heavy atom. The number of aromatic nitrogens is 1. The molecule has 5 aromatic rings. The second-order valence-corrected chi connectivity index (χ2v) is 18.7. The Bertz CT molecular complexity index is 2100. The molecule has 5 rings (SSSR count). The van der Waals surface area contributed by atoms with Crippen LogP contribution in [0.3, 0.4) is 0 Å². The minimum Gasteiger partial charge on any atom is -1.00 e. The minimum absolute atomic E-state index is 0. The molecule has 0 spiro atoms. The summed E-state index contributed by atoms with van der Waals surface area (Å²) in [5.74, 6) is 0.883. The molecule has 9 nitrogen and oxygen atoms in total. The van der Waals surface area contributed by atoms with Crippen molar-refractivity contribution in [2.75, 3.05) is 51.4 Å². The van der Waals surface area contributed by atoms with Crippen molar-refractivity contribution in [1.82, 2.24) is 10.3 Å². The topological polar surface area (TPSA) is 129 Å². The highest BCUT2D eigenvalue weighted by molar-refractivity contribution is 7.91. The Kier molecular flexibility index (Phi) is 19.7. The SMILES string of the molecule is Cc1ccc(O)c([C@H](CC[N+](C)(C(C)C)C(C)C)c2ccccc2)c1.O=c1[nH]c2c(O)ccc(CCNCCS(=O)(=O)CCCOCCc3ccccc3)c2s1.[I-]. The lowest BCUT2D eigenvalue weighted by Gasteiger charge is -2.43. The number of hydrogen-bond donors (Lipinski definition) is 4. The van der Waals surface area contributed by atoms with Gasteiger partial charge in [-0.25, -0.2) is 8.42 Å². The summed E-state index contributed by atoms with van der Waals surface area (Å²) >= 11 is 1.07. The van der Waals surface area contributed by atoms with Gasteiger partial charge in [0.15, 0.2) is 9.84 Å². The Hall–Kier alpha value is -3.27. The molecule has 1 heterocycles. The van der Waals surface area contributed by atoms with E-state index in [2.05, 4.69) is 88.4 Å². The van der Waals surface area contributed by atoms with Gasteiger partial charge >= 0.3 is 4.87 Å². The molecule has 4 aromatic carbocycles. The zero-order valence-corrected chi connectivity index (χ0v) is 38.1. The van der Waals surface area contributed by atoms with Crippen molar-refractivity contribution in [3.8, 4) is 11.5 Å². The molecule has 0 aliphatic carbocycles. The van der Waals surface area contributed by atoms with Crippen LogP contribution in [0.1, 0.15) is 74.3 Å². The molecule has 0 aliphatic rings. The van der Waals surface area contributed by atoms with Crippen molar-refractivity contribution in [3.63, 3.8) is 0 Å². The number of phenols is 2. The van der Waals surface area contributed by atoms with Gasteiger partial charge in [0.05, 0.1) is 48.5 Å². The van der Waals surface area contributed by atoms with Crippen molar-refractivity contribution < 1.29 is 51.8 Å². The van der Waals surface area contributed by atoms with Crippen LogP contribution in [0.2, 0.25) is 0 Å². The van der Waals surface area contributed by atoms with Crippen LogP contribution in [-0.2, 0) is 27.4 Å². The maximum atomic E-state index is 12.2. The van der Waals surface area contributed by atoms with E-state index in [-0.39, 0.29) is 52.0 Å². The largest absolute Gasteiger partial charge is 1.00 e. The number of aryl methyl sites for hydroxylation is 1. The highest BCUT2D eigenvalue weighted by Gasteiger charge is 2.31. The van der Waals surface area contributed by atoms with Crippen molar-refractivity contribution in [1.29, 1.82) is 0 Å². The quantitative estimate of drug-likeness (QED) is 0.0493. The lowest BCUT2D eigenvalue weighted by molar-refractivity contribution is -0.949. The van der Waals surface area contributed by atoms with Gasteiger partial charge in [-0.3, -0.25) is 4.79 Å². The number of thiazole rings is 1. The van der Waals surface area contributed by atoms with Crippen LogP contribution < -0.4 is 34.2 Å². The van der Waals surface area contributed by atoms with Crippen LogP contribution in [0, 0.1) is 6.92 Å². The molecule has 0 aliphatic heterocycles. The molecule has 0 saturated heterocycles. The molecule has 0 bridgehead atoms. The van der Waals surface area contributed by atoms with Crippen molar-refractivity contribution in [2.24, 2.45) is 0 Å². The lowest BCUT2D eigenvalue weighted by Crippen LogP contribution is -3.00. The van der Waals surface area contributed by atoms with Gasteiger partial charge in [-0.15, -0.1) is 0 Å². The summed E-state index contributed by atoms with van der Waals surface area (Å²) in [6.07, 6.45) is 2.98. The number of aromatic hydroxyl groups is 2. The molecule has 12 heteroatoms. The van der Waals surface area contributed by atoms with E-state index in [1.165, 1.54) is 16.7 Å². The summed E-state index contributed by atoms with van der Waals surface area (Å²) in [6.45, 7) is 14.4. The van der Waals surface area contributed by atoms with Crippen LogP contribution in [0.4, 0.5) is 0 Å². The van der Waals surface area contributed by atoms with Gasteiger partial charge in [-0.2, -0.15) is 0 Å². The molecule has 312 valence electrons. The fourth-order valence-electron chi connectivity index (χ4n) is 6.93. The smallest absolute Gasteiger partial charge is 0.305 e. The number of sulfone groups is 1. The molecule has 4 N–H and O–H groups in total. The number of hydrogen-bond acceptors (Lipinski definition) is 8. The maximum Gasteiger partial charge on any atom is 0.305 e. The van der Waals surface area contributed by atoms with E-state index in [0.717, 1.165) is 51.0 Å². The Morgan fingerprint density at radius 2 is 1.47 bits per heavy atom. The first kappa shape index (κ1) is 48.1. The molecule has 1 atom stereocenters. The fourth-order valence-corrected chi connectivity index (χ4v) is 9.04. The summed E-state index contributed by atoms with van der Waals surface area (Å²) < 4.78 is 31.7. The number of ether oxygens (including phenoxy) is 1. The van der Waals surface area contributed by atoms with Gasteiger partial charge in [0, 0.05) is 31.1 Å². The molecule has 0 fully saturated rings. The molecule has 0 unspecified atom stereocenters. The number of rotatable bonds is 20. The standard InChI is InChI=1S/C23H33NO.C22H28N2O5S2.HI/c1-17(2)24(6,18(3)4)15-14-21(20-10-8-7-9-11-20)22-16-19(5)12-13-23(22)25;25-19-8-7-18(21-20(19)24-22(26)30-21)9-11-23-12-16-31(27,28)15-4-13-29-14-10-17-5-2-1-3-6-17;/h7-13,16-18,21H,14-15H2,1-6H3;1-3,5-8,23,25H,4,9-16H2,(H,24,26);1H/t21-;;/m1../s1. The second-order valence-electron chi connectivity index (χ2n) is 15.4. The number of nitrogens with one attached hydrogen (secondary N) is 2. The summed E-state index contributed by atoms with van der Waals surface area (Å²) in [6, 6.07) is 31.1. The number of phenolic OH excluding ortho intramolecular Hbond substituents is 2. The number of quaternary nitrogens is 1. The highest BCUT2D eigenvalue weighted by Crippen LogP contribution is 2.36. The van der Waals surface area contributed by atoms with E-state index in [1.54, 1.807) is 12.1 Å². The molecule has 1 aromatic heterocycles. The van der Waals surface area contributed by atoms with E-state index in [1.807, 2.05) is 42.5 Å². The van der Waals surface area contributed by atoms with Crippen LogP contribution in [0.5, 0.6) is 11.5 Å². The number of halogens is 1. The van der Waals surface area contributed by atoms with E-state index < -0.39 is 9.84 Å². The minimum atomic E-state index is -3.12. The summed E-state index contributed by atoms with van der Waals surface area (Å²) in [5.41, 5.74) is 6.13. The number of benzene rings is 4. The van der Waals surface area contributed by atoms with Crippen LogP contribution in [0.15, 0.2) is 95.8 Å². The first-order valence-corrected chi connectivity index (χ1v) is 22.4. The van der Waals surface area contributed by atoms with Crippen molar-refractivity contribution in [3.05, 3.63) is 128 Å². The maximum absolute atomic E-state index is 12.2. The normalized spacial score (nSPS) is 12.4. The second kappa shape index (κ2) is 23.4. The van der Waals surface area contributed by atoms with Crippen molar-refractivity contribution >= 4 is 31.4 Å². The van der Waals surface area contributed by atoms with E-state index in [4.69, 9.17) is 4.74 Å². The van der Waals surface area contributed by atoms with Crippen LogP contribution in [-0.4, -0.2) is 91.6 Å². The number of fused-ring (bicyclic) bond motifs is 1. The zero-order valence-electron chi connectivity index (χ0n) is 34.3. The molecule has 0 radical (unpaired) electrons. The lowest BCUT2D eigenvalue weighted by atomic mass is 9.86. The molecule has 0 amide bonds. The number of H-pyrrole nitrogens is 1. The average Bonchev–Trinajstić information content (AvgIpc) is 3.58. The van der Waals surface area contributed by atoms with Crippen LogP contribution in [0.25, 0.3) is 10.2 Å². The third kappa shape index (κ3) is 14.8. The van der Waals surface area contributed by atoms with Crippen LogP contribution >= 0.6 is 11.3 Å². The molecule has 0 saturated carbocycles. The van der Waals surface area contributed by atoms with E-state index in [0.29, 0.717) is 62.5 Å². The van der Waals surface area contributed by atoms with Gasteiger partial charge in [-0.05, 0) is 89.2 Å². The molecular formula is C45H62IN3O6S2. The average molecular weight is 932 g/mol. The predicted octanol–water partition coefficient (Wildman–Crippen LogP) is 4.98.